The van der Waals surface area contributed by atoms with Crippen LogP contribution in [0.25, 0.3) is 0 Å². The van der Waals surface area contributed by atoms with E-state index in [0.29, 0.717) is 26.4 Å². The molecule has 1 aliphatic rings. The molecule has 0 radical (unpaired) electrons. The molecular weight excluding hydrogens is 555 g/mol. The van der Waals surface area contributed by atoms with E-state index in [4.69, 9.17) is 18.9 Å². The Morgan fingerprint density at radius 1 is 0.667 bits per heavy atom. The van der Waals surface area contributed by atoms with Crippen molar-refractivity contribution in [3.8, 4) is 0 Å². The van der Waals surface area contributed by atoms with Crippen LogP contribution in [0.15, 0.2) is 121 Å². The van der Waals surface area contributed by atoms with Crippen LogP contribution in [0.2, 0.25) is 0 Å². The first-order chi connectivity index (χ1) is 19.3. The number of benzene rings is 4. The summed E-state index contributed by atoms with van der Waals surface area (Å²) in [6.45, 7) is 1.57. The molecule has 1 heterocycles. The topological polar surface area (TPSA) is 57.2 Å². The van der Waals surface area contributed by atoms with Crippen molar-refractivity contribution in [3.63, 3.8) is 0 Å². The van der Waals surface area contributed by atoms with Gasteiger partial charge >= 0.3 is 237 Å². The molecule has 5 atom stereocenters. The van der Waals surface area contributed by atoms with Gasteiger partial charge in [-0.1, -0.05) is 0 Å². The number of hydrogen-bond donors (Lipinski definition) is 1. The molecular formula is C33H34O5Se. The minimum atomic E-state index is -0.782. The maximum absolute atomic E-state index is 11.5. The summed E-state index contributed by atoms with van der Waals surface area (Å²) in [7, 11) is 0. The number of hydrogen-bond acceptors (Lipinski definition) is 5. The van der Waals surface area contributed by atoms with Crippen LogP contribution in [0, 0.1) is 0 Å². The molecule has 1 saturated heterocycles. The first-order valence-corrected chi connectivity index (χ1v) is 15.1. The Hall–Kier alpha value is -2.80. The minimum absolute atomic E-state index is 0.0986. The molecule has 1 fully saturated rings. The van der Waals surface area contributed by atoms with E-state index in [1.807, 2.05) is 109 Å². The second-order valence-corrected chi connectivity index (χ2v) is 11.9. The fourth-order valence-electron chi connectivity index (χ4n) is 4.53. The van der Waals surface area contributed by atoms with E-state index in [0.717, 1.165) is 16.7 Å². The van der Waals surface area contributed by atoms with Crippen molar-refractivity contribution < 1.29 is 24.1 Å². The third kappa shape index (κ3) is 8.10. The van der Waals surface area contributed by atoms with Crippen LogP contribution in [0.1, 0.15) is 16.7 Å². The molecule has 4 aromatic rings. The summed E-state index contributed by atoms with van der Waals surface area (Å²) in [5.74, 6) is 0. The molecule has 1 N–H and O–H groups in total. The van der Waals surface area contributed by atoms with Gasteiger partial charge in [-0.3, -0.25) is 0 Å². The number of aliphatic hydroxyl groups is 1. The summed E-state index contributed by atoms with van der Waals surface area (Å²) >= 11 is -0.0986. The van der Waals surface area contributed by atoms with Crippen molar-refractivity contribution in [1.29, 1.82) is 0 Å². The fraction of sp³-hybridized carbons (Fsp3) is 0.273. The summed E-state index contributed by atoms with van der Waals surface area (Å²) in [6.07, 6.45) is -2.25. The molecule has 0 spiro atoms. The van der Waals surface area contributed by atoms with E-state index in [2.05, 4.69) is 12.1 Å². The molecule has 5 rings (SSSR count). The molecule has 202 valence electrons. The average Bonchev–Trinajstić information content (AvgIpc) is 3.30. The molecule has 6 heteroatoms. The van der Waals surface area contributed by atoms with Crippen LogP contribution in [-0.2, 0) is 38.8 Å². The molecule has 0 amide bonds. The third-order valence-electron chi connectivity index (χ3n) is 6.58. The summed E-state index contributed by atoms with van der Waals surface area (Å²) in [5.41, 5.74) is 3.20. The first kappa shape index (κ1) is 27.8. The zero-order valence-corrected chi connectivity index (χ0v) is 23.5. The Kier molecular flexibility index (Phi) is 10.4. The van der Waals surface area contributed by atoms with E-state index in [-0.39, 0.29) is 20.0 Å². The second-order valence-electron chi connectivity index (χ2n) is 9.49. The van der Waals surface area contributed by atoms with Crippen LogP contribution >= 0.6 is 0 Å². The van der Waals surface area contributed by atoms with Gasteiger partial charge in [-0.2, -0.15) is 0 Å². The Labute approximate surface area is 236 Å². The fourth-order valence-corrected chi connectivity index (χ4v) is 6.76. The Balaban J connectivity index is 1.34. The van der Waals surface area contributed by atoms with Crippen LogP contribution in [0.3, 0.4) is 0 Å². The zero-order valence-electron chi connectivity index (χ0n) is 21.8. The predicted molar refractivity (Wildman–Crippen MR) is 153 cm³/mol. The number of ether oxygens (including phenoxy) is 4. The van der Waals surface area contributed by atoms with Gasteiger partial charge in [0, 0.05) is 0 Å². The van der Waals surface area contributed by atoms with Crippen LogP contribution in [-0.4, -0.2) is 56.1 Å². The summed E-state index contributed by atoms with van der Waals surface area (Å²) in [6, 6.07) is 40.3. The van der Waals surface area contributed by atoms with Crippen molar-refractivity contribution in [2.45, 2.75) is 49.2 Å². The molecule has 0 saturated carbocycles. The van der Waals surface area contributed by atoms with Gasteiger partial charge in [0.15, 0.2) is 0 Å². The molecule has 4 aromatic carbocycles. The van der Waals surface area contributed by atoms with E-state index >= 15 is 0 Å². The van der Waals surface area contributed by atoms with Gasteiger partial charge in [-0.25, -0.2) is 0 Å². The van der Waals surface area contributed by atoms with Gasteiger partial charge < -0.3 is 0 Å². The Bertz CT molecular complexity index is 1230. The zero-order chi connectivity index (χ0) is 26.7. The molecule has 0 bridgehead atoms. The normalized spacial score (nSPS) is 21.6. The average molecular weight is 590 g/mol. The molecule has 0 aliphatic carbocycles. The van der Waals surface area contributed by atoms with Gasteiger partial charge in [0.1, 0.15) is 0 Å². The Morgan fingerprint density at radius 3 is 1.77 bits per heavy atom. The Morgan fingerprint density at radius 2 is 1.18 bits per heavy atom. The molecule has 39 heavy (non-hydrogen) atoms. The molecule has 1 aliphatic heterocycles. The number of aliphatic hydroxyl groups excluding tert-OH is 1. The first-order valence-electron chi connectivity index (χ1n) is 13.2. The van der Waals surface area contributed by atoms with Gasteiger partial charge in [0.05, 0.1) is 0 Å². The third-order valence-corrected chi connectivity index (χ3v) is 9.03. The van der Waals surface area contributed by atoms with Crippen molar-refractivity contribution in [1.82, 2.24) is 0 Å². The van der Waals surface area contributed by atoms with Crippen molar-refractivity contribution >= 4 is 19.4 Å². The standard InChI is InChI=1S/C33H34O5Se/c34-30-32(37-23-27-17-9-3-10-18-27)31(38-33(30)39-28-19-11-4-12-20-28)29(36-22-26-15-7-2-8-16-26)24-35-21-25-13-5-1-6-14-25/h1-20,29-34H,21-24H2/t29-,30-,31+,32-,33+/m1/s1. The monoisotopic (exact) mass is 590 g/mol. The van der Waals surface area contributed by atoms with Gasteiger partial charge in [0.2, 0.25) is 0 Å². The van der Waals surface area contributed by atoms with E-state index in [1.165, 1.54) is 4.46 Å². The molecule has 0 aromatic heterocycles. The SMILES string of the molecule is O[C@@H]1[C@@H](OCc2ccccc2)[C@H]([C@@H](COCc2ccccc2)OCc2ccccc2)O[C@H]1[Se]c1ccccc1. The van der Waals surface area contributed by atoms with Crippen molar-refractivity contribution in [2.75, 3.05) is 6.61 Å². The number of rotatable bonds is 13. The van der Waals surface area contributed by atoms with Crippen LogP contribution in [0.4, 0.5) is 0 Å². The predicted octanol–water partition coefficient (Wildman–Crippen LogP) is 4.49. The second kappa shape index (κ2) is 14.5. The van der Waals surface area contributed by atoms with Gasteiger partial charge in [0.25, 0.3) is 0 Å². The van der Waals surface area contributed by atoms with Crippen LogP contribution in [0.5, 0.6) is 0 Å². The van der Waals surface area contributed by atoms with Crippen molar-refractivity contribution in [3.05, 3.63) is 138 Å². The maximum atomic E-state index is 11.5. The van der Waals surface area contributed by atoms with E-state index < -0.39 is 24.4 Å². The summed E-state index contributed by atoms with van der Waals surface area (Å²) < 4.78 is 26.7. The van der Waals surface area contributed by atoms with Crippen molar-refractivity contribution in [2.24, 2.45) is 0 Å². The van der Waals surface area contributed by atoms with Gasteiger partial charge in [-0.05, 0) is 0 Å². The molecule has 0 unspecified atom stereocenters. The van der Waals surface area contributed by atoms with E-state index in [1.54, 1.807) is 0 Å². The quantitative estimate of drug-likeness (QED) is 0.233. The van der Waals surface area contributed by atoms with Crippen LogP contribution < -0.4 is 4.46 Å². The van der Waals surface area contributed by atoms with Gasteiger partial charge in [-0.15, -0.1) is 0 Å². The summed E-state index contributed by atoms with van der Waals surface area (Å²) in [4.78, 5) is 0. The van der Waals surface area contributed by atoms with E-state index in [9.17, 15) is 5.11 Å². The molecule has 5 nitrogen and oxygen atoms in total. The summed E-state index contributed by atoms with van der Waals surface area (Å²) in [5, 5.41) is 11.1.